The Hall–Kier alpha value is -0.410. The van der Waals surface area contributed by atoms with Crippen molar-refractivity contribution in [3.05, 3.63) is 15.6 Å². The number of thiazole rings is 1. The lowest BCUT2D eigenvalue weighted by Gasteiger charge is -2.20. The Morgan fingerprint density at radius 2 is 2.18 bits per heavy atom. The molecule has 0 bridgehead atoms. The van der Waals surface area contributed by atoms with E-state index in [2.05, 4.69) is 33.1 Å². The molecular formula is C14H24N2S. The molecule has 0 aromatic carbocycles. The predicted molar refractivity (Wildman–Crippen MR) is 74.6 cm³/mol. The van der Waals surface area contributed by atoms with Crippen LogP contribution in [0, 0.1) is 5.41 Å². The average Bonchev–Trinajstić information content (AvgIpc) is 2.67. The molecule has 0 saturated heterocycles. The maximum atomic E-state index is 4.83. The minimum Gasteiger partial charge on any atom is -0.312 e. The van der Waals surface area contributed by atoms with E-state index < -0.39 is 0 Å². The van der Waals surface area contributed by atoms with E-state index in [1.54, 1.807) is 0 Å². The Balaban J connectivity index is 2.08. The van der Waals surface area contributed by atoms with Gasteiger partial charge in [-0.05, 0) is 44.6 Å². The zero-order valence-electron chi connectivity index (χ0n) is 11.5. The molecule has 2 nitrogen and oxygen atoms in total. The van der Waals surface area contributed by atoms with E-state index in [-0.39, 0.29) is 0 Å². The first-order valence-corrected chi connectivity index (χ1v) is 7.47. The van der Waals surface area contributed by atoms with Crippen LogP contribution >= 0.6 is 11.3 Å². The zero-order chi connectivity index (χ0) is 12.5. The van der Waals surface area contributed by atoms with E-state index in [4.69, 9.17) is 4.98 Å². The summed E-state index contributed by atoms with van der Waals surface area (Å²) >= 11 is 1.94. The van der Waals surface area contributed by atoms with Crippen LogP contribution in [0.5, 0.6) is 0 Å². The lowest BCUT2D eigenvalue weighted by Crippen LogP contribution is -2.19. The van der Waals surface area contributed by atoms with Gasteiger partial charge in [0.15, 0.2) is 0 Å². The van der Waals surface area contributed by atoms with Crippen LogP contribution in [0.2, 0.25) is 0 Å². The summed E-state index contributed by atoms with van der Waals surface area (Å²) in [7, 11) is 2.06. The lowest BCUT2D eigenvalue weighted by atomic mass is 9.91. The number of rotatable bonds is 3. The molecule has 17 heavy (non-hydrogen) atoms. The van der Waals surface area contributed by atoms with Crippen LogP contribution in [-0.2, 0) is 12.8 Å². The van der Waals surface area contributed by atoms with E-state index in [9.17, 15) is 0 Å². The maximum absolute atomic E-state index is 4.83. The number of aromatic nitrogens is 1. The Morgan fingerprint density at radius 3 is 2.82 bits per heavy atom. The summed E-state index contributed by atoms with van der Waals surface area (Å²) < 4.78 is 0. The van der Waals surface area contributed by atoms with Crippen molar-refractivity contribution in [3.63, 3.8) is 0 Å². The quantitative estimate of drug-likeness (QED) is 0.887. The van der Waals surface area contributed by atoms with Gasteiger partial charge in [-0.3, -0.25) is 0 Å². The molecule has 1 aromatic rings. The molecule has 1 N–H and O–H groups in total. The summed E-state index contributed by atoms with van der Waals surface area (Å²) in [6.07, 6.45) is 6.09. The van der Waals surface area contributed by atoms with E-state index in [0.717, 1.165) is 6.42 Å². The molecule has 1 heterocycles. The number of fused-ring (bicyclic) bond motifs is 1. The largest absolute Gasteiger partial charge is 0.312 e. The summed E-state index contributed by atoms with van der Waals surface area (Å²) in [5.41, 5.74) is 1.78. The number of nitrogens with zero attached hydrogens (tertiary/aromatic N) is 1. The average molecular weight is 252 g/mol. The van der Waals surface area contributed by atoms with Crippen molar-refractivity contribution in [1.82, 2.24) is 10.3 Å². The molecule has 1 atom stereocenters. The van der Waals surface area contributed by atoms with E-state index in [0.29, 0.717) is 11.5 Å². The highest BCUT2D eigenvalue weighted by Crippen LogP contribution is 2.35. The van der Waals surface area contributed by atoms with E-state index in [1.165, 1.54) is 41.3 Å². The zero-order valence-corrected chi connectivity index (χ0v) is 12.3. The molecule has 3 heteroatoms. The third-order valence-corrected chi connectivity index (χ3v) is 4.70. The summed E-state index contributed by atoms with van der Waals surface area (Å²) in [6.45, 7) is 6.91. The van der Waals surface area contributed by atoms with Crippen molar-refractivity contribution < 1.29 is 0 Å². The van der Waals surface area contributed by atoms with Gasteiger partial charge in [-0.2, -0.15) is 0 Å². The molecule has 1 aliphatic carbocycles. The van der Waals surface area contributed by atoms with Gasteiger partial charge >= 0.3 is 0 Å². The summed E-state index contributed by atoms with van der Waals surface area (Å²) in [6, 6.07) is 0.555. The first kappa shape index (κ1) is 13.0. The van der Waals surface area contributed by atoms with Gasteiger partial charge in [0.25, 0.3) is 0 Å². The number of aryl methyl sites for hydroxylation is 2. The van der Waals surface area contributed by atoms with Crippen LogP contribution in [0.25, 0.3) is 0 Å². The molecule has 0 spiro atoms. The van der Waals surface area contributed by atoms with Gasteiger partial charge in [-0.25, -0.2) is 4.98 Å². The number of hydrogen-bond acceptors (Lipinski definition) is 3. The number of nitrogens with one attached hydrogen (secondary N) is 1. The molecule has 96 valence electrons. The Bertz CT molecular complexity index is 376. The normalized spacial score (nSPS) is 20.4. The second kappa shape index (κ2) is 5.07. The minimum absolute atomic E-state index is 0.411. The first-order valence-electron chi connectivity index (χ1n) is 6.65. The van der Waals surface area contributed by atoms with Crippen LogP contribution in [0.4, 0.5) is 0 Å². The SMILES string of the molecule is CNC1CCCc2nc(CCC(C)(C)C)sc21. The fourth-order valence-corrected chi connectivity index (χ4v) is 3.59. The van der Waals surface area contributed by atoms with Crippen LogP contribution < -0.4 is 5.32 Å². The van der Waals surface area contributed by atoms with Crippen molar-refractivity contribution in [2.45, 2.75) is 58.9 Å². The predicted octanol–water partition coefficient (Wildman–Crippen LogP) is 3.72. The summed E-state index contributed by atoms with van der Waals surface area (Å²) in [5, 5.41) is 4.76. The van der Waals surface area contributed by atoms with Gasteiger partial charge in [-0.1, -0.05) is 20.8 Å². The van der Waals surface area contributed by atoms with Gasteiger partial charge in [0, 0.05) is 10.9 Å². The van der Waals surface area contributed by atoms with Crippen LogP contribution in [0.3, 0.4) is 0 Å². The van der Waals surface area contributed by atoms with Gasteiger partial charge in [-0.15, -0.1) is 11.3 Å². The fraction of sp³-hybridized carbons (Fsp3) is 0.786. The van der Waals surface area contributed by atoms with Gasteiger partial charge in [0.05, 0.1) is 10.7 Å². The molecule has 0 radical (unpaired) electrons. The van der Waals surface area contributed by atoms with Crippen LogP contribution in [0.1, 0.15) is 61.7 Å². The third-order valence-electron chi connectivity index (χ3n) is 3.43. The first-order chi connectivity index (χ1) is 7.99. The summed E-state index contributed by atoms with van der Waals surface area (Å²) in [5.74, 6) is 0. The molecular weight excluding hydrogens is 228 g/mol. The maximum Gasteiger partial charge on any atom is 0.0931 e. The topological polar surface area (TPSA) is 24.9 Å². The molecule has 0 amide bonds. The van der Waals surface area contributed by atoms with E-state index in [1.807, 2.05) is 11.3 Å². The second-order valence-corrected chi connectivity index (χ2v) is 7.33. The van der Waals surface area contributed by atoms with Gasteiger partial charge in [0.1, 0.15) is 0 Å². The fourth-order valence-electron chi connectivity index (χ4n) is 2.33. The van der Waals surface area contributed by atoms with Crippen molar-refractivity contribution in [2.24, 2.45) is 5.41 Å². The highest BCUT2D eigenvalue weighted by Gasteiger charge is 2.23. The van der Waals surface area contributed by atoms with E-state index >= 15 is 0 Å². The van der Waals surface area contributed by atoms with Crippen molar-refractivity contribution in [3.8, 4) is 0 Å². The Morgan fingerprint density at radius 1 is 1.41 bits per heavy atom. The Labute approximate surface area is 109 Å². The van der Waals surface area contributed by atoms with Gasteiger partial charge < -0.3 is 5.32 Å². The standard InChI is InChI=1S/C14H24N2S/c1-14(2,3)9-8-12-16-11-7-5-6-10(15-4)13(11)17-12/h10,15H,5-9H2,1-4H3. The molecule has 0 saturated carbocycles. The summed E-state index contributed by atoms with van der Waals surface area (Å²) in [4.78, 5) is 6.33. The monoisotopic (exact) mass is 252 g/mol. The molecule has 1 aliphatic rings. The molecule has 1 unspecified atom stereocenters. The number of hydrogen-bond donors (Lipinski definition) is 1. The molecule has 0 fully saturated rings. The highest BCUT2D eigenvalue weighted by molar-refractivity contribution is 7.11. The highest BCUT2D eigenvalue weighted by atomic mass is 32.1. The Kier molecular flexibility index (Phi) is 3.88. The minimum atomic E-state index is 0.411. The van der Waals surface area contributed by atoms with Crippen LogP contribution in [0.15, 0.2) is 0 Å². The third kappa shape index (κ3) is 3.29. The van der Waals surface area contributed by atoms with Crippen LogP contribution in [-0.4, -0.2) is 12.0 Å². The van der Waals surface area contributed by atoms with Gasteiger partial charge in [0.2, 0.25) is 0 Å². The molecule has 1 aromatic heterocycles. The second-order valence-electron chi connectivity index (χ2n) is 6.21. The van der Waals surface area contributed by atoms with Crippen molar-refractivity contribution >= 4 is 11.3 Å². The smallest absolute Gasteiger partial charge is 0.0931 e. The van der Waals surface area contributed by atoms with Crippen molar-refractivity contribution in [2.75, 3.05) is 7.05 Å². The molecule has 0 aliphatic heterocycles. The van der Waals surface area contributed by atoms with Crippen molar-refractivity contribution in [1.29, 1.82) is 0 Å². The lowest BCUT2D eigenvalue weighted by molar-refractivity contribution is 0.378. The molecule has 2 rings (SSSR count).